The van der Waals surface area contributed by atoms with Gasteiger partial charge >= 0.3 is 0 Å². The summed E-state index contributed by atoms with van der Waals surface area (Å²) in [6, 6.07) is 12.3. The van der Waals surface area contributed by atoms with E-state index in [-0.39, 0.29) is 0 Å². The zero-order valence-corrected chi connectivity index (χ0v) is 15.2. The summed E-state index contributed by atoms with van der Waals surface area (Å²) < 4.78 is 5.82. The van der Waals surface area contributed by atoms with Gasteiger partial charge in [0.05, 0.1) is 6.20 Å². The largest absolute Gasteiger partial charge is 0.456 e. The van der Waals surface area contributed by atoms with Crippen LogP contribution in [-0.4, -0.2) is 42.1 Å². The van der Waals surface area contributed by atoms with E-state index in [9.17, 15) is 0 Å². The van der Waals surface area contributed by atoms with Crippen molar-refractivity contribution in [1.29, 1.82) is 0 Å². The molecule has 2 fully saturated rings. The molecule has 132 valence electrons. The Labute approximate surface area is 154 Å². The summed E-state index contributed by atoms with van der Waals surface area (Å²) in [5.41, 5.74) is 0. The summed E-state index contributed by atoms with van der Waals surface area (Å²) >= 11 is 5.90. The first kappa shape index (κ1) is 16.7. The van der Waals surface area contributed by atoms with Crippen molar-refractivity contribution in [1.82, 2.24) is 9.88 Å². The Kier molecular flexibility index (Phi) is 5.09. The van der Waals surface area contributed by atoms with Crippen molar-refractivity contribution in [3.63, 3.8) is 0 Å². The van der Waals surface area contributed by atoms with Crippen LogP contribution in [0.3, 0.4) is 0 Å². The highest BCUT2D eigenvalue weighted by atomic mass is 35.5. The molecule has 1 aromatic carbocycles. The third-order valence-corrected chi connectivity index (χ3v) is 5.47. The summed E-state index contributed by atoms with van der Waals surface area (Å²) in [7, 11) is 0. The maximum absolute atomic E-state index is 5.90. The maximum Gasteiger partial charge on any atom is 0.145 e. The molecule has 5 heteroatoms. The monoisotopic (exact) mass is 357 g/mol. The van der Waals surface area contributed by atoms with Gasteiger partial charge in [0.15, 0.2) is 0 Å². The first-order valence-corrected chi connectivity index (χ1v) is 9.54. The normalized spacial score (nSPS) is 19.3. The van der Waals surface area contributed by atoms with Crippen LogP contribution in [0, 0.1) is 0 Å². The number of nitrogens with zero attached hydrogens (tertiary/aromatic N) is 3. The highest BCUT2D eigenvalue weighted by Crippen LogP contribution is 2.27. The predicted molar refractivity (Wildman–Crippen MR) is 102 cm³/mol. The van der Waals surface area contributed by atoms with E-state index in [0.29, 0.717) is 5.02 Å². The third-order valence-electron chi connectivity index (χ3n) is 5.22. The minimum Gasteiger partial charge on any atom is -0.456 e. The number of hydrogen-bond acceptors (Lipinski definition) is 4. The molecule has 0 unspecified atom stereocenters. The van der Waals surface area contributed by atoms with Gasteiger partial charge in [-0.25, -0.2) is 4.98 Å². The van der Waals surface area contributed by atoms with Crippen LogP contribution in [0.15, 0.2) is 42.6 Å². The van der Waals surface area contributed by atoms with Gasteiger partial charge in [-0.2, -0.15) is 0 Å². The van der Waals surface area contributed by atoms with Crippen molar-refractivity contribution < 1.29 is 4.74 Å². The van der Waals surface area contributed by atoms with Crippen molar-refractivity contribution in [2.75, 3.05) is 31.1 Å². The molecule has 1 saturated carbocycles. The molecule has 2 heterocycles. The van der Waals surface area contributed by atoms with Crippen LogP contribution in [0.4, 0.5) is 5.82 Å². The Balaban J connectivity index is 1.37. The molecule has 0 spiro atoms. The number of rotatable bonds is 4. The molecular weight excluding hydrogens is 334 g/mol. The number of ether oxygens (including phenoxy) is 1. The lowest BCUT2D eigenvalue weighted by Gasteiger charge is -2.36. The van der Waals surface area contributed by atoms with E-state index in [1.165, 1.54) is 32.2 Å². The molecule has 2 aromatic rings. The second-order valence-corrected chi connectivity index (χ2v) is 7.31. The van der Waals surface area contributed by atoms with Crippen molar-refractivity contribution >= 4 is 17.4 Å². The van der Waals surface area contributed by atoms with Crippen molar-refractivity contribution in [3.8, 4) is 11.5 Å². The Morgan fingerprint density at radius 3 is 2.36 bits per heavy atom. The fraction of sp³-hybridized carbons (Fsp3) is 0.450. The van der Waals surface area contributed by atoms with Crippen LogP contribution < -0.4 is 9.64 Å². The standard InChI is InChI=1S/C20H24ClN3O/c21-16-5-7-18(8-6-16)25-19-9-10-20(22-15-19)24-12-2-11-23(13-14-24)17-3-1-4-17/h5-10,15,17H,1-4,11-14H2. The first-order valence-electron chi connectivity index (χ1n) is 9.16. The van der Waals surface area contributed by atoms with Crippen LogP contribution in [-0.2, 0) is 0 Å². The van der Waals surface area contributed by atoms with Gasteiger partial charge < -0.3 is 9.64 Å². The van der Waals surface area contributed by atoms with Gasteiger partial charge in [0.25, 0.3) is 0 Å². The Bertz CT molecular complexity index is 685. The Morgan fingerprint density at radius 1 is 0.880 bits per heavy atom. The van der Waals surface area contributed by atoms with Crippen molar-refractivity contribution in [2.45, 2.75) is 31.7 Å². The molecule has 1 aliphatic carbocycles. The summed E-state index contributed by atoms with van der Waals surface area (Å²) in [6.45, 7) is 4.50. The highest BCUT2D eigenvalue weighted by Gasteiger charge is 2.26. The van der Waals surface area contributed by atoms with Crippen LogP contribution in [0.1, 0.15) is 25.7 Å². The second kappa shape index (κ2) is 7.63. The molecule has 2 aliphatic rings. The van der Waals surface area contributed by atoms with E-state index >= 15 is 0 Å². The number of pyridine rings is 1. The molecule has 1 aromatic heterocycles. The average molecular weight is 358 g/mol. The summed E-state index contributed by atoms with van der Waals surface area (Å²) in [6.07, 6.45) is 7.19. The lowest BCUT2D eigenvalue weighted by atomic mass is 9.91. The topological polar surface area (TPSA) is 28.6 Å². The van der Waals surface area contributed by atoms with E-state index in [4.69, 9.17) is 16.3 Å². The maximum atomic E-state index is 5.90. The molecule has 1 aliphatic heterocycles. The highest BCUT2D eigenvalue weighted by molar-refractivity contribution is 6.30. The van der Waals surface area contributed by atoms with Crippen LogP contribution >= 0.6 is 11.6 Å². The number of benzene rings is 1. The average Bonchev–Trinajstić information content (AvgIpc) is 2.82. The van der Waals surface area contributed by atoms with Gasteiger partial charge in [-0.3, -0.25) is 4.90 Å². The third kappa shape index (κ3) is 4.07. The zero-order chi connectivity index (χ0) is 17.1. The molecule has 0 bridgehead atoms. The summed E-state index contributed by atoms with van der Waals surface area (Å²) in [4.78, 5) is 9.68. The zero-order valence-electron chi connectivity index (χ0n) is 14.4. The van der Waals surface area contributed by atoms with Crippen molar-refractivity contribution in [2.24, 2.45) is 0 Å². The van der Waals surface area contributed by atoms with Crippen LogP contribution in [0.5, 0.6) is 11.5 Å². The Hall–Kier alpha value is -1.78. The quantitative estimate of drug-likeness (QED) is 0.800. The van der Waals surface area contributed by atoms with Gasteiger partial charge in [0, 0.05) is 37.2 Å². The van der Waals surface area contributed by atoms with E-state index in [1.54, 1.807) is 6.20 Å². The van der Waals surface area contributed by atoms with Crippen molar-refractivity contribution in [3.05, 3.63) is 47.6 Å². The van der Waals surface area contributed by atoms with E-state index in [0.717, 1.165) is 43.0 Å². The first-order chi connectivity index (χ1) is 12.3. The van der Waals surface area contributed by atoms with Crippen LogP contribution in [0.2, 0.25) is 5.02 Å². The molecule has 0 radical (unpaired) electrons. The van der Waals surface area contributed by atoms with Crippen LogP contribution in [0.25, 0.3) is 0 Å². The number of aromatic nitrogens is 1. The fourth-order valence-electron chi connectivity index (χ4n) is 3.54. The van der Waals surface area contributed by atoms with E-state index in [1.807, 2.05) is 30.3 Å². The lowest BCUT2D eigenvalue weighted by Crippen LogP contribution is -2.42. The summed E-state index contributed by atoms with van der Waals surface area (Å²) in [5.74, 6) is 2.56. The molecule has 0 atom stereocenters. The van der Waals surface area contributed by atoms with Gasteiger partial charge in [-0.15, -0.1) is 0 Å². The molecule has 25 heavy (non-hydrogen) atoms. The van der Waals surface area contributed by atoms with Gasteiger partial charge in [0.1, 0.15) is 17.3 Å². The minimum atomic E-state index is 0.706. The number of halogens is 1. The smallest absolute Gasteiger partial charge is 0.145 e. The second-order valence-electron chi connectivity index (χ2n) is 6.87. The Morgan fingerprint density at radius 2 is 1.68 bits per heavy atom. The lowest BCUT2D eigenvalue weighted by molar-refractivity contribution is 0.136. The van der Waals surface area contributed by atoms with Gasteiger partial charge in [0.2, 0.25) is 0 Å². The SMILES string of the molecule is Clc1ccc(Oc2ccc(N3CCCN(C4CCC4)CC3)nc2)cc1. The van der Waals surface area contributed by atoms with Gasteiger partial charge in [-0.1, -0.05) is 18.0 Å². The van der Waals surface area contributed by atoms with Gasteiger partial charge in [-0.05, 0) is 55.7 Å². The number of hydrogen-bond donors (Lipinski definition) is 0. The molecule has 0 amide bonds. The molecule has 1 saturated heterocycles. The van der Waals surface area contributed by atoms with E-state index in [2.05, 4.69) is 20.9 Å². The number of anilines is 1. The molecule has 0 N–H and O–H groups in total. The predicted octanol–water partition coefficient (Wildman–Crippen LogP) is 4.59. The summed E-state index contributed by atoms with van der Waals surface area (Å²) in [5, 5.41) is 0.706. The fourth-order valence-corrected chi connectivity index (χ4v) is 3.67. The molecular formula is C20H24ClN3O. The minimum absolute atomic E-state index is 0.706. The molecule has 4 nitrogen and oxygen atoms in total. The van der Waals surface area contributed by atoms with E-state index < -0.39 is 0 Å². The molecule has 4 rings (SSSR count).